The third-order valence-electron chi connectivity index (χ3n) is 1.19. The lowest BCUT2D eigenvalue weighted by atomic mass is 10.2. The summed E-state index contributed by atoms with van der Waals surface area (Å²) in [6, 6.07) is 7.41. The summed E-state index contributed by atoms with van der Waals surface area (Å²) in [5.41, 5.74) is 0.253. The van der Waals surface area contributed by atoms with Crippen molar-refractivity contribution in [3.05, 3.63) is 39.9 Å². The molecule has 0 bridgehead atoms. The lowest BCUT2D eigenvalue weighted by molar-refractivity contribution is -0.384. The fourth-order valence-corrected chi connectivity index (χ4v) is 0.689. The summed E-state index contributed by atoms with van der Waals surface area (Å²) in [6.45, 7) is 0. The molecule has 7 heteroatoms. The van der Waals surface area contributed by atoms with Crippen molar-refractivity contribution in [2.75, 3.05) is 0 Å². The van der Waals surface area contributed by atoms with Gasteiger partial charge in [0.15, 0.2) is 0 Å². The zero-order valence-electron chi connectivity index (χ0n) is 7.32. The number of carbonyl (C=O) groups is 1. The number of rotatable bonds is 1. The predicted molar refractivity (Wildman–Crippen MR) is 48.5 cm³/mol. The van der Waals surface area contributed by atoms with Crippen molar-refractivity contribution in [3.8, 4) is 6.07 Å². The van der Waals surface area contributed by atoms with E-state index < -0.39 is 11.1 Å². The van der Waals surface area contributed by atoms with Gasteiger partial charge in [0.05, 0.1) is 16.6 Å². The minimum Gasteiger partial charge on any atom is -0.450 e. The average molecular weight is 210 g/mol. The van der Waals surface area contributed by atoms with Gasteiger partial charge in [0, 0.05) is 12.1 Å². The quantitative estimate of drug-likeness (QED) is 0.536. The molecule has 1 rings (SSSR count). The Morgan fingerprint density at radius 1 is 1.47 bits per heavy atom. The molecular weight excluding hydrogens is 204 g/mol. The zero-order valence-corrected chi connectivity index (χ0v) is 7.32. The Labute approximate surface area is 84.0 Å². The highest BCUT2D eigenvalue weighted by Gasteiger charge is 2.03. The maximum Gasteiger partial charge on any atom is 0.503 e. The topological polar surface area (TPSA) is 124 Å². The van der Waals surface area contributed by atoms with Crippen molar-refractivity contribution in [1.82, 2.24) is 0 Å². The van der Waals surface area contributed by atoms with Crippen molar-refractivity contribution >= 4 is 11.8 Å². The second-order valence-electron chi connectivity index (χ2n) is 2.20. The smallest absolute Gasteiger partial charge is 0.450 e. The molecule has 0 fully saturated rings. The second-order valence-corrected chi connectivity index (χ2v) is 2.20. The van der Waals surface area contributed by atoms with Crippen LogP contribution in [0.15, 0.2) is 24.3 Å². The van der Waals surface area contributed by atoms with Gasteiger partial charge in [-0.1, -0.05) is 6.07 Å². The number of hydrogen-bond acceptors (Lipinski definition) is 4. The molecule has 15 heavy (non-hydrogen) atoms. The third-order valence-corrected chi connectivity index (χ3v) is 1.19. The molecule has 0 radical (unpaired) electrons. The van der Waals surface area contributed by atoms with Crippen LogP contribution in [0.3, 0.4) is 0 Å². The Bertz CT molecular complexity index is 406. The largest absolute Gasteiger partial charge is 0.503 e. The van der Waals surface area contributed by atoms with E-state index in [2.05, 4.69) is 0 Å². The predicted octanol–water partition coefficient (Wildman–Crippen LogP) is 1.69. The van der Waals surface area contributed by atoms with Gasteiger partial charge in [-0.05, 0) is 6.07 Å². The summed E-state index contributed by atoms with van der Waals surface area (Å²) in [5.74, 6) is 0. The molecule has 0 saturated heterocycles. The molecule has 0 atom stereocenters. The van der Waals surface area contributed by atoms with Crippen LogP contribution in [-0.2, 0) is 0 Å². The normalized spacial score (nSPS) is 7.93. The molecule has 0 heterocycles. The van der Waals surface area contributed by atoms with Gasteiger partial charge in [0.2, 0.25) is 0 Å². The first-order valence-corrected chi connectivity index (χ1v) is 3.54. The van der Waals surface area contributed by atoms with Gasteiger partial charge in [-0.3, -0.25) is 10.1 Å². The fourth-order valence-electron chi connectivity index (χ4n) is 0.689. The number of hydrogen-bond donors (Lipinski definition) is 2. The van der Waals surface area contributed by atoms with E-state index in [1.807, 2.05) is 6.07 Å². The average Bonchev–Trinajstić information content (AvgIpc) is 2.17. The second kappa shape index (κ2) is 5.93. The number of nitro benzene ring substituents is 1. The molecule has 0 unspecified atom stereocenters. The van der Waals surface area contributed by atoms with Gasteiger partial charge < -0.3 is 10.2 Å². The molecule has 0 amide bonds. The highest BCUT2D eigenvalue weighted by Crippen LogP contribution is 2.11. The van der Waals surface area contributed by atoms with Crippen LogP contribution in [0.25, 0.3) is 0 Å². The van der Waals surface area contributed by atoms with E-state index in [1.165, 1.54) is 24.3 Å². The fraction of sp³-hybridized carbons (Fsp3) is 0. The van der Waals surface area contributed by atoms with Crippen LogP contribution < -0.4 is 0 Å². The Balaban J connectivity index is 0.000000423. The van der Waals surface area contributed by atoms with E-state index >= 15 is 0 Å². The van der Waals surface area contributed by atoms with Crippen LogP contribution in [0, 0.1) is 21.4 Å². The van der Waals surface area contributed by atoms with Gasteiger partial charge in [0.1, 0.15) is 0 Å². The Kier molecular flexibility index (Phi) is 4.89. The molecule has 0 spiro atoms. The minimum atomic E-state index is -1.83. The van der Waals surface area contributed by atoms with E-state index in [-0.39, 0.29) is 5.69 Å². The molecule has 0 aliphatic carbocycles. The highest BCUT2D eigenvalue weighted by molar-refractivity contribution is 5.53. The number of benzene rings is 1. The number of nitrogens with zero attached hydrogens (tertiary/aromatic N) is 2. The van der Waals surface area contributed by atoms with Crippen LogP contribution in [0.1, 0.15) is 5.56 Å². The van der Waals surface area contributed by atoms with Crippen molar-refractivity contribution in [3.63, 3.8) is 0 Å². The van der Waals surface area contributed by atoms with E-state index in [1.54, 1.807) is 0 Å². The van der Waals surface area contributed by atoms with Crippen LogP contribution in [0.5, 0.6) is 0 Å². The number of non-ortho nitro benzene ring substituents is 1. The van der Waals surface area contributed by atoms with Gasteiger partial charge in [-0.2, -0.15) is 5.26 Å². The van der Waals surface area contributed by atoms with Crippen molar-refractivity contribution in [2.24, 2.45) is 0 Å². The van der Waals surface area contributed by atoms with E-state index in [9.17, 15) is 10.1 Å². The van der Waals surface area contributed by atoms with Crippen molar-refractivity contribution in [2.45, 2.75) is 0 Å². The molecule has 1 aromatic rings. The standard InChI is InChI=1S/C7H4N2O2.CH2O3/c8-5-6-2-1-3-7(4-6)9(10)11;2-1(3)4/h1-4H;(H2,2,3,4). The maximum atomic E-state index is 10.2. The SMILES string of the molecule is N#Cc1cccc([N+](=O)[O-])c1.O=C(O)O. The number of nitro groups is 1. The van der Waals surface area contributed by atoms with E-state index in [0.717, 1.165) is 0 Å². The summed E-state index contributed by atoms with van der Waals surface area (Å²) in [4.78, 5) is 18.2. The maximum absolute atomic E-state index is 10.2. The van der Waals surface area contributed by atoms with Crippen LogP contribution in [0.4, 0.5) is 10.5 Å². The summed E-state index contributed by atoms with van der Waals surface area (Å²) in [7, 11) is 0. The van der Waals surface area contributed by atoms with E-state index in [4.69, 9.17) is 20.3 Å². The summed E-state index contributed by atoms with van der Waals surface area (Å²) >= 11 is 0. The van der Waals surface area contributed by atoms with Gasteiger partial charge in [-0.25, -0.2) is 4.79 Å². The first-order valence-electron chi connectivity index (χ1n) is 3.54. The van der Waals surface area contributed by atoms with Crippen LogP contribution >= 0.6 is 0 Å². The van der Waals surface area contributed by atoms with Crippen LogP contribution in [0.2, 0.25) is 0 Å². The number of carboxylic acid groups (broad SMARTS) is 2. The van der Waals surface area contributed by atoms with E-state index in [0.29, 0.717) is 5.56 Å². The van der Waals surface area contributed by atoms with Crippen molar-refractivity contribution < 1.29 is 19.9 Å². The molecule has 0 aliphatic heterocycles. The summed E-state index contributed by atoms with van der Waals surface area (Å²) < 4.78 is 0. The van der Waals surface area contributed by atoms with Gasteiger partial charge >= 0.3 is 6.16 Å². The Morgan fingerprint density at radius 2 is 2.00 bits per heavy atom. The first-order chi connectivity index (χ1) is 6.97. The molecule has 2 N–H and O–H groups in total. The van der Waals surface area contributed by atoms with Gasteiger partial charge in [0.25, 0.3) is 5.69 Å². The van der Waals surface area contributed by atoms with Gasteiger partial charge in [-0.15, -0.1) is 0 Å². The molecule has 78 valence electrons. The molecule has 0 aliphatic rings. The Hall–Kier alpha value is -2.62. The molecule has 7 nitrogen and oxygen atoms in total. The molecule has 0 saturated carbocycles. The number of nitriles is 1. The highest BCUT2D eigenvalue weighted by atomic mass is 16.6. The lowest BCUT2D eigenvalue weighted by Gasteiger charge is -1.89. The zero-order chi connectivity index (χ0) is 11.8. The molecular formula is C8H6N2O5. The molecule has 0 aromatic heterocycles. The van der Waals surface area contributed by atoms with Crippen molar-refractivity contribution in [1.29, 1.82) is 5.26 Å². The lowest BCUT2D eigenvalue weighted by Crippen LogP contribution is -1.87. The third kappa shape index (κ3) is 5.59. The molecule has 1 aromatic carbocycles. The summed E-state index contributed by atoms with van der Waals surface area (Å²) in [6.07, 6.45) is -1.83. The first kappa shape index (κ1) is 12.4. The monoisotopic (exact) mass is 210 g/mol. The van der Waals surface area contributed by atoms with Crippen LogP contribution in [-0.4, -0.2) is 21.3 Å². The summed E-state index contributed by atoms with van der Waals surface area (Å²) in [5, 5.41) is 32.5. The Morgan fingerprint density at radius 3 is 2.40 bits per heavy atom. The minimum absolute atomic E-state index is 0.0518.